The summed E-state index contributed by atoms with van der Waals surface area (Å²) in [6, 6.07) is 9.87. The van der Waals surface area contributed by atoms with Crippen molar-refractivity contribution in [2.24, 2.45) is 5.92 Å². The first-order valence-electron chi connectivity index (χ1n) is 6.04. The molecule has 0 N–H and O–H groups in total. The van der Waals surface area contributed by atoms with Crippen molar-refractivity contribution in [3.63, 3.8) is 0 Å². The van der Waals surface area contributed by atoms with Gasteiger partial charge < -0.3 is 0 Å². The summed E-state index contributed by atoms with van der Waals surface area (Å²) >= 11 is 0. The average molecular weight is 254 g/mol. The van der Waals surface area contributed by atoms with Gasteiger partial charge >= 0.3 is 0 Å². The number of rotatable bonds is 6. The van der Waals surface area contributed by atoms with E-state index in [1.165, 1.54) is 0 Å². The fraction of sp³-hybridized carbons (Fsp3) is 0.538. The highest BCUT2D eigenvalue weighted by atomic mass is 32.2. The van der Waals surface area contributed by atoms with E-state index in [9.17, 15) is 8.42 Å². The maximum atomic E-state index is 11.7. The second kappa shape index (κ2) is 5.19. The summed E-state index contributed by atoms with van der Waals surface area (Å²) in [6.07, 6.45) is 2.25. The maximum Gasteiger partial charge on any atom is 0.267 e. The molecule has 1 aromatic rings. The molecule has 0 bridgehead atoms. The lowest BCUT2D eigenvalue weighted by Gasteiger charge is -2.16. The van der Waals surface area contributed by atoms with E-state index in [-0.39, 0.29) is 18.3 Å². The molecule has 94 valence electrons. The Morgan fingerprint density at radius 3 is 2.47 bits per heavy atom. The predicted molar refractivity (Wildman–Crippen MR) is 67.3 cm³/mol. The Balaban J connectivity index is 2.14. The van der Waals surface area contributed by atoms with E-state index in [0.29, 0.717) is 5.92 Å². The molecule has 1 saturated carbocycles. The van der Waals surface area contributed by atoms with Crippen LogP contribution in [0.3, 0.4) is 0 Å². The summed E-state index contributed by atoms with van der Waals surface area (Å²) in [5, 5.41) is 0. The number of hydrogen-bond donors (Lipinski definition) is 0. The van der Waals surface area contributed by atoms with E-state index in [4.69, 9.17) is 4.18 Å². The molecule has 3 nitrogen and oxygen atoms in total. The fourth-order valence-corrected chi connectivity index (χ4v) is 3.51. The van der Waals surface area contributed by atoms with Gasteiger partial charge in [0, 0.05) is 5.92 Å². The Morgan fingerprint density at radius 2 is 1.94 bits per heavy atom. The van der Waals surface area contributed by atoms with Gasteiger partial charge in [-0.2, -0.15) is 8.42 Å². The molecular weight excluding hydrogens is 236 g/mol. The third-order valence-corrected chi connectivity index (χ3v) is 4.46. The number of benzene rings is 1. The number of hydrogen-bond acceptors (Lipinski definition) is 3. The minimum Gasteiger partial charge on any atom is -0.270 e. The van der Waals surface area contributed by atoms with E-state index in [0.717, 1.165) is 18.4 Å². The molecule has 0 unspecified atom stereocenters. The SMILES string of the molecule is CCOS(=O)(=O)C[C@H](c1ccccc1)C1CC1. The minimum atomic E-state index is -3.38. The maximum absolute atomic E-state index is 11.7. The summed E-state index contributed by atoms with van der Waals surface area (Å²) in [5.41, 5.74) is 1.11. The van der Waals surface area contributed by atoms with Gasteiger partial charge in [-0.15, -0.1) is 0 Å². The first kappa shape index (κ1) is 12.6. The highest BCUT2D eigenvalue weighted by Crippen LogP contribution is 2.43. The minimum absolute atomic E-state index is 0.0905. The van der Waals surface area contributed by atoms with Crippen molar-refractivity contribution >= 4 is 10.1 Å². The first-order chi connectivity index (χ1) is 8.12. The summed E-state index contributed by atoms with van der Waals surface area (Å²) in [7, 11) is -3.38. The van der Waals surface area contributed by atoms with Crippen molar-refractivity contribution in [2.45, 2.75) is 25.7 Å². The van der Waals surface area contributed by atoms with Crippen LogP contribution in [0.25, 0.3) is 0 Å². The molecule has 0 heterocycles. The molecule has 2 rings (SSSR count). The zero-order chi connectivity index (χ0) is 12.3. The molecule has 1 fully saturated rings. The zero-order valence-corrected chi connectivity index (χ0v) is 10.8. The van der Waals surface area contributed by atoms with E-state index < -0.39 is 10.1 Å². The first-order valence-corrected chi connectivity index (χ1v) is 7.62. The van der Waals surface area contributed by atoms with Gasteiger partial charge in [0.25, 0.3) is 10.1 Å². The molecule has 0 radical (unpaired) electrons. The van der Waals surface area contributed by atoms with Gasteiger partial charge in [-0.25, -0.2) is 0 Å². The summed E-state index contributed by atoms with van der Waals surface area (Å²) in [4.78, 5) is 0. The Bertz CT molecular complexity index is 449. The van der Waals surface area contributed by atoms with Gasteiger partial charge in [-0.3, -0.25) is 4.18 Å². The van der Waals surface area contributed by atoms with Gasteiger partial charge in [-0.05, 0) is 31.2 Å². The van der Waals surface area contributed by atoms with E-state index in [1.54, 1.807) is 6.92 Å². The Labute approximate surface area is 103 Å². The summed E-state index contributed by atoms with van der Waals surface area (Å²) < 4.78 is 28.3. The van der Waals surface area contributed by atoms with Crippen molar-refractivity contribution in [1.29, 1.82) is 0 Å². The summed E-state index contributed by atoms with van der Waals surface area (Å²) in [6.45, 7) is 1.92. The van der Waals surface area contributed by atoms with Crippen molar-refractivity contribution in [1.82, 2.24) is 0 Å². The fourth-order valence-electron chi connectivity index (χ4n) is 2.15. The highest BCUT2D eigenvalue weighted by molar-refractivity contribution is 7.86. The zero-order valence-electron chi connectivity index (χ0n) is 10.0. The standard InChI is InChI=1S/C13H18O3S/c1-2-16-17(14,15)10-13(12-8-9-12)11-6-4-3-5-7-11/h3-7,12-13H,2,8-10H2,1H3/t13-/m1/s1. The molecule has 4 heteroatoms. The van der Waals surface area contributed by atoms with Crippen LogP contribution in [0.4, 0.5) is 0 Å². The average Bonchev–Trinajstić information content (AvgIpc) is 3.11. The Morgan fingerprint density at radius 1 is 1.29 bits per heavy atom. The smallest absolute Gasteiger partial charge is 0.267 e. The van der Waals surface area contributed by atoms with Crippen LogP contribution < -0.4 is 0 Å². The van der Waals surface area contributed by atoms with Crippen LogP contribution >= 0.6 is 0 Å². The lowest BCUT2D eigenvalue weighted by atomic mass is 9.96. The van der Waals surface area contributed by atoms with E-state index in [1.807, 2.05) is 30.3 Å². The van der Waals surface area contributed by atoms with Crippen molar-refractivity contribution in [3.8, 4) is 0 Å². The molecule has 1 aromatic carbocycles. The monoisotopic (exact) mass is 254 g/mol. The lowest BCUT2D eigenvalue weighted by Crippen LogP contribution is -2.18. The molecule has 1 atom stereocenters. The summed E-state index contributed by atoms with van der Waals surface area (Å²) in [5.74, 6) is 0.704. The molecule has 1 aliphatic carbocycles. The van der Waals surface area contributed by atoms with Crippen LogP contribution in [0.5, 0.6) is 0 Å². The molecule has 0 aromatic heterocycles. The third kappa shape index (κ3) is 3.54. The van der Waals surface area contributed by atoms with Gasteiger partial charge in [0.05, 0.1) is 12.4 Å². The van der Waals surface area contributed by atoms with Crippen molar-refractivity contribution in [2.75, 3.05) is 12.4 Å². The molecule has 0 saturated heterocycles. The molecule has 0 amide bonds. The second-order valence-corrected chi connectivity index (χ2v) is 6.17. The molecular formula is C13H18O3S. The van der Waals surface area contributed by atoms with Crippen LogP contribution in [-0.2, 0) is 14.3 Å². The van der Waals surface area contributed by atoms with Gasteiger partial charge in [0.1, 0.15) is 0 Å². The molecule has 0 spiro atoms. The third-order valence-electron chi connectivity index (χ3n) is 3.10. The van der Waals surface area contributed by atoms with Crippen molar-refractivity contribution in [3.05, 3.63) is 35.9 Å². The van der Waals surface area contributed by atoms with Crippen molar-refractivity contribution < 1.29 is 12.6 Å². The second-order valence-electron chi connectivity index (χ2n) is 4.49. The largest absolute Gasteiger partial charge is 0.270 e. The van der Waals surface area contributed by atoms with Crippen LogP contribution in [0.2, 0.25) is 0 Å². The highest BCUT2D eigenvalue weighted by Gasteiger charge is 2.35. The Hall–Kier alpha value is -0.870. The quantitative estimate of drug-likeness (QED) is 0.733. The topological polar surface area (TPSA) is 43.4 Å². The van der Waals surface area contributed by atoms with Gasteiger partial charge in [0.2, 0.25) is 0 Å². The van der Waals surface area contributed by atoms with Gasteiger partial charge in [-0.1, -0.05) is 30.3 Å². The Kier molecular flexibility index (Phi) is 3.84. The molecule has 0 aliphatic heterocycles. The lowest BCUT2D eigenvalue weighted by molar-refractivity contribution is 0.335. The van der Waals surface area contributed by atoms with E-state index >= 15 is 0 Å². The van der Waals surface area contributed by atoms with Gasteiger partial charge in [0.15, 0.2) is 0 Å². The molecule has 1 aliphatic rings. The molecule has 17 heavy (non-hydrogen) atoms. The van der Waals surface area contributed by atoms with Crippen LogP contribution in [0.1, 0.15) is 31.2 Å². The normalized spacial score (nSPS) is 17.9. The predicted octanol–water partition coefficient (Wildman–Crippen LogP) is 2.55. The van der Waals surface area contributed by atoms with E-state index in [2.05, 4.69) is 0 Å². The van der Waals surface area contributed by atoms with Crippen LogP contribution in [-0.4, -0.2) is 20.8 Å². The van der Waals surface area contributed by atoms with Crippen LogP contribution in [0, 0.1) is 5.92 Å². The van der Waals surface area contributed by atoms with Crippen LogP contribution in [0.15, 0.2) is 30.3 Å².